The lowest BCUT2D eigenvalue weighted by Crippen LogP contribution is -2.57. The molecule has 256 valence electrons. The Hall–Kier alpha value is -4.62. The first-order valence-electron chi connectivity index (χ1n) is 13.7. The Morgan fingerprint density at radius 2 is 1.39 bits per heavy atom. The van der Waals surface area contributed by atoms with Crippen molar-refractivity contribution in [2.75, 3.05) is 13.1 Å². The van der Waals surface area contributed by atoms with Gasteiger partial charge in [-0.3, -0.25) is 38.6 Å². The van der Waals surface area contributed by atoms with Crippen LogP contribution in [0.15, 0.2) is 24.3 Å². The molecule has 20 nitrogen and oxygen atoms in total. The number of carbonyl (C=O) groups excluding carboxylic acids is 6. The number of phosphoric ester groups is 1. The van der Waals surface area contributed by atoms with Crippen LogP contribution in [0.25, 0.3) is 0 Å². The number of carbonyl (C=O) groups is 7. The van der Waals surface area contributed by atoms with Gasteiger partial charge in [-0.25, -0.2) is 9.36 Å². The van der Waals surface area contributed by atoms with Gasteiger partial charge in [0.25, 0.3) is 0 Å². The fourth-order valence-corrected chi connectivity index (χ4v) is 4.22. The Kier molecular flexibility index (Phi) is 16.3. The Morgan fingerprint density at radius 3 is 1.91 bits per heavy atom. The molecule has 6 amide bonds. The van der Waals surface area contributed by atoms with Crippen molar-refractivity contribution in [2.24, 2.45) is 22.9 Å². The van der Waals surface area contributed by atoms with E-state index in [2.05, 4.69) is 20.5 Å². The molecule has 4 atom stereocenters. The fraction of sp³-hybridized carbons (Fsp3) is 0.480. The molecular formula is C25H39N8O12P. The van der Waals surface area contributed by atoms with Crippen molar-refractivity contribution < 1.29 is 57.5 Å². The van der Waals surface area contributed by atoms with E-state index in [9.17, 15) is 43.2 Å². The molecular weight excluding hydrogens is 635 g/mol. The van der Waals surface area contributed by atoms with E-state index in [1.165, 1.54) is 24.3 Å². The minimum atomic E-state index is -4.86. The van der Waals surface area contributed by atoms with Crippen LogP contribution in [0.5, 0.6) is 5.75 Å². The van der Waals surface area contributed by atoms with Crippen LogP contribution in [-0.2, 0) is 44.5 Å². The molecule has 0 aliphatic heterocycles. The topological polar surface area (TPSA) is 359 Å². The number of unbranched alkanes of at least 4 members (excludes halogenated alkanes) is 1. The maximum atomic E-state index is 13.3. The number of aliphatic carboxylic acids is 1. The number of carboxylic acids is 1. The second-order valence-electron chi connectivity index (χ2n) is 9.96. The molecule has 0 aliphatic carbocycles. The highest BCUT2D eigenvalue weighted by Gasteiger charge is 2.29. The van der Waals surface area contributed by atoms with E-state index >= 15 is 0 Å². The lowest BCUT2D eigenvalue weighted by molar-refractivity contribution is -0.143. The molecule has 0 fully saturated rings. The van der Waals surface area contributed by atoms with Gasteiger partial charge in [0.15, 0.2) is 0 Å². The maximum Gasteiger partial charge on any atom is 0.524 e. The minimum absolute atomic E-state index is 0.0552. The van der Waals surface area contributed by atoms with Crippen LogP contribution in [0, 0.1) is 0 Å². The van der Waals surface area contributed by atoms with E-state index in [0.717, 1.165) is 0 Å². The molecule has 1 aromatic carbocycles. The number of nitrogens with one attached hydrogen (secondary N) is 4. The van der Waals surface area contributed by atoms with Crippen molar-refractivity contribution in [2.45, 2.75) is 62.7 Å². The van der Waals surface area contributed by atoms with Crippen molar-refractivity contribution in [3.05, 3.63) is 29.8 Å². The summed E-state index contributed by atoms with van der Waals surface area (Å²) in [4.78, 5) is 103. The van der Waals surface area contributed by atoms with Crippen LogP contribution < -0.4 is 48.7 Å². The van der Waals surface area contributed by atoms with Gasteiger partial charge in [0.2, 0.25) is 35.4 Å². The third-order valence-corrected chi connectivity index (χ3v) is 6.47. The summed E-state index contributed by atoms with van der Waals surface area (Å²) in [5.74, 6) is -7.25. The maximum absolute atomic E-state index is 13.3. The summed E-state index contributed by atoms with van der Waals surface area (Å²) in [6.45, 7) is -0.498. The highest BCUT2D eigenvalue weighted by molar-refractivity contribution is 7.46. The molecule has 0 saturated heterocycles. The number of carboxylic acid groups (broad SMARTS) is 1. The predicted molar refractivity (Wildman–Crippen MR) is 158 cm³/mol. The fourth-order valence-electron chi connectivity index (χ4n) is 3.83. The van der Waals surface area contributed by atoms with Crippen LogP contribution in [0.4, 0.5) is 0 Å². The average molecular weight is 675 g/mol. The van der Waals surface area contributed by atoms with Gasteiger partial charge in [-0.15, -0.1) is 0 Å². The zero-order chi connectivity index (χ0) is 35.0. The van der Waals surface area contributed by atoms with E-state index < -0.39 is 92.8 Å². The molecule has 0 bridgehead atoms. The van der Waals surface area contributed by atoms with Crippen LogP contribution in [0.2, 0.25) is 0 Å². The van der Waals surface area contributed by atoms with Gasteiger partial charge in [-0.05, 0) is 43.5 Å². The normalized spacial score (nSPS) is 13.7. The highest BCUT2D eigenvalue weighted by atomic mass is 31.2. The van der Waals surface area contributed by atoms with Gasteiger partial charge in [0.1, 0.15) is 23.9 Å². The first kappa shape index (κ1) is 39.4. The molecule has 0 spiro atoms. The zero-order valence-electron chi connectivity index (χ0n) is 24.5. The number of amides is 6. The molecule has 0 radical (unpaired) electrons. The highest BCUT2D eigenvalue weighted by Crippen LogP contribution is 2.37. The summed E-state index contributed by atoms with van der Waals surface area (Å²) < 4.78 is 15.6. The van der Waals surface area contributed by atoms with E-state index in [1.54, 1.807) is 0 Å². The van der Waals surface area contributed by atoms with E-state index in [-0.39, 0.29) is 25.1 Å². The van der Waals surface area contributed by atoms with Gasteiger partial charge < -0.3 is 53.8 Å². The predicted octanol–water partition coefficient (Wildman–Crippen LogP) is -4.44. The Bertz CT molecular complexity index is 1310. The second kappa shape index (κ2) is 19.0. The van der Waals surface area contributed by atoms with Gasteiger partial charge in [-0.1, -0.05) is 12.1 Å². The van der Waals surface area contributed by atoms with Gasteiger partial charge >= 0.3 is 13.8 Å². The summed E-state index contributed by atoms with van der Waals surface area (Å²) in [6, 6.07) is -0.630. The first-order valence-corrected chi connectivity index (χ1v) is 15.2. The molecule has 0 unspecified atom stereocenters. The molecule has 1 aromatic rings. The average Bonchev–Trinajstić information content (AvgIpc) is 2.94. The number of rotatable bonds is 21. The van der Waals surface area contributed by atoms with Crippen molar-refractivity contribution >= 4 is 49.2 Å². The number of phosphoric acid groups is 1. The SMILES string of the molecule is NCCCC[C@H](NC(=O)[C@@H](N)CC(N)=O)C(=O)N[C@@H](Cc1ccc(OP(=O)(O)O)cc1)C(=O)NCC(=O)N[C@@H](CC(N)=O)C(=O)O. The summed E-state index contributed by atoms with van der Waals surface area (Å²) in [6.07, 6.45) is -0.564. The number of primary amides is 2. The quantitative estimate of drug-likeness (QED) is 0.0433. The first-order chi connectivity index (χ1) is 21.4. The smallest absolute Gasteiger partial charge is 0.480 e. The lowest BCUT2D eigenvalue weighted by Gasteiger charge is -2.24. The Morgan fingerprint density at radius 1 is 0.804 bits per heavy atom. The van der Waals surface area contributed by atoms with E-state index in [0.29, 0.717) is 18.4 Å². The summed E-state index contributed by atoms with van der Waals surface area (Å²) in [7, 11) is -4.86. The van der Waals surface area contributed by atoms with Crippen molar-refractivity contribution in [3.63, 3.8) is 0 Å². The van der Waals surface area contributed by atoms with Crippen molar-refractivity contribution in [1.82, 2.24) is 21.3 Å². The molecule has 46 heavy (non-hydrogen) atoms. The van der Waals surface area contributed by atoms with Gasteiger partial charge in [0, 0.05) is 6.42 Å². The summed E-state index contributed by atoms with van der Waals surface area (Å²) >= 11 is 0. The number of hydrogen-bond acceptors (Lipinski definition) is 11. The molecule has 1 rings (SSSR count). The number of benzene rings is 1. The number of hydrogen-bond donors (Lipinski definition) is 11. The third-order valence-electron chi connectivity index (χ3n) is 6.02. The summed E-state index contributed by atoms with van der Waals surface area (Å²) in [5, 5.41) is 18.3. The molecule has 0 aromatic heterocycles. The molecule has 21 heteroatoms. The third kappa shape index (κ3) is 15.9. The lowest BCUT2D eigenvalue weighted by atomic mass is 10.0. The molecule has 15 N–H and O–H groups in total. The van der Waals surface area contributed by atoms with E-state index in [1.807, 2.05) is 5.32 Å². The van der Waals surface area contributed by atoms with Crippen LogP contribution in [-0.4, -0.2) is 93.6 Å². The number of nitrogens with two attached hydrogens (primary N) is 4. The van der Waals surface area contributed by atoms with Crippen LogP contribution in [0.1, 0.15) is 37.7 Å². The van der Waals surface area contributed by atoms with Gasteiger partial charge in [0.05, 0.1) is 25.4 Å². The second-order valence-corrected chi connectivity index (χ2v) is 11.1. The zero-order valence-corrected chi connectivity index (χ0v) is 25.4. The van der Waals surface area contributed by atoms with Gasteiger partial charge in [-0.2, -0.15) is 0 Å². The standard InChI is InChI=1S/C25H39N8O12P/c26-8-2-1-3-16(32-22(37)15(27)10-19(28)34)24(39)33-17(9-13-4-6-14(7-5-13)45-46(42,43)44)23(38)30-12-21(36)31-18(25(40)41)11-20(29)35/h4-7,15-18H,1-3,8-12,26-27H2,(H2,28,34)(H2,29,35)(H,30,38)(H,31,36)(H,32,37)(H,33,39)(H,40,41)(H2,42,43,44)/t15-,16-,17-,18-/m0/s1. The van der Waals surface area contributed by atoms with Crippen LogP contribution >= 0.6 is 7.82 Å². The Labute approximate surface area is 262 Å². The summed E-state index contributed by atoms with van der Waals surface area (Å²) in [5.41, 5.74) is 21.6. The van der Waals surface area contributed by atoms with E-state index in [4.69, 9.17) is 32.7 Å². The molecule has 0 aliphatic rings. The van der Waals surface area contributed by atoms with Crippen molar-refractivity contribution in [3.8, 4) is 5.75 Å². The monoisotopic (exact) mass is 674 g/mol. The Balaban J connectivity index is 3.19. The van der Waals surface area contributed by atoms with Crippen molar-refractivity contribution in [1.29, 1.82) is 0 Å². The largest absolute Gasteiger partial charge is 0.524 e. The molecule has 0 heterocycles. The van der Waals surface area contributed by atoms with Crippen LogP contribution in [0.3, 0.4) is 0 Å². The molecule has 0 saturated carbocycles. The minimum Gasteiger partial charge on any atom is -0.480 e.